The Bertz CT molecular complexity index is 870. The fourth-order valence-electron chi connectivity index (χ4n) is 4.37. The molecule has 2 aliphatic rings. The van der Waals surface area contributed by atoms with E-state index in [0.717, 1.165) is 0 Å². The minimum Gasteiger partial charge on any atom is -0.170 e. The average Bonchev–Trinajstić information content (AvgIpc) is 2.47. The maximum absolute atomic E-state index is 14.0. The lowest BCUT2D eigenvalue weighted by molar-refractivity contribution is -0.152. The van der Waals surface area contributed by atoms with Crippen molar-refractivity contribution in [2.24, 2.45) is 0 Å². The van der Waals surface area contributed by atoms with Crippen molar-refractivity contribution in [1.29, 1.82) is 0 Å². The third-order valence-electron chi connectivity index (χ3n) is 5.46. The molecular formula is C20H14F6. The van der Waals surface area contributed by atoms with Crippen LogP contribution in [0.5, 0.6) is 0 Å². The summed E-state index contributed by atoms with van der Waals surface area (Å²) in [4.78, 5) is 0. The number of benzene rings is 2. The summed E-state index contributed by atoms with van der Waals surface area (Å²) in [5, 5.41) is 0. The van der Waals surface area contributed by atoms with Crippen LogP contribution in [0, 0.1) is 13.8 Å². The van der Waals surface area contributed by atoms with Crippen LogP contribution in [0.1, 0.15) is 56.3 Å². The average molecular weight is 368 g/mol. The van der Waals surface area contributed by atoms with Crippen molar-refractivity contribution >= 4 is 12.2 Å². The molecule has 26 heavy (non-hydrogen) atoms. The van der Waals surface area contributed by atoms with Crippen LogP contribution in [0.15, 0.2) is 24.3 Å². The fourth-order valence-corrected chi connectivity index (χ4v) is 4.37. The molecule has 0 bridgehead atoms. The molecule has 6 heteroatoms. The fraction of sp³-hybridized carbons (Fsp3) is 0.300. The highest BCUT2D eigenvalue weighted by Crippen LogP contribution is 2.57. The first kappa shape index (κ1) is 17.2. The van der Waals surface area contributed by atoms with Crippen LogP contribution >= 0.6 is 0 Å². The Morgan fingerprint density at radius 2 is 1.00 bits per heavy atom. The lowest BCUT2D eigenvalue weighted by atomic mass is 9.66. The molecule has 2 atom stereocenters. The van der Waals surface area contributed by atoms with Crippen LogP contribution in [0.2, 0.25) is 0 Å². The Labute approximate surface area is 146 Å². The summed E-state index contributed by atoms with van der Waals surface area (Å²) in [7, 11) is 0. The first-order valence-corrected chi connectivity index (χ1v) is 8.10. The highest BCUT2D eigenvalue weighted by molar-refractivity contribution is 5.91. The van der Waals surface area contributed by atoms with Crippen LogP contribution in [0.3, 0.4) is 0 Å². The molecule has 4 rings (SSSR count). The third-order valence-corrected chi connectivity index (χ3v) is 5.46. The van der Waals surface area contributed by atoms with Gasteiger partial charge in [-0.05, 0) is 58.4 Å². The van der Waals surface area contributed by atoms with E-state index in [-0.39, 0.29) is 33.4 Å². The summed E-state index contributed by atoms with van der Waals surface area (Å²) in [6, 6.07) is 5.05. The van der Waals surface area contributed by atoms with Crippen molar-refractivity contribution in [3.8, 4) is 0 Å². The number of rotatable bonds is 0. The Kier molecular flexibility index (Phi) is 3.40. The molecule has 2 aliphatic carbocycles. The van der Waals surface area contributed by atoms with Gasteiger partial charge in [0.1, 0.15) is 11.8 Å². The van der Waals surface area contributed by atoms with Crippen molar-refractivity contribution in [2.75, 3.05) is 0 Å². The monoisotopic (exact) mass is 368 g/mol. The molecule has 2 aromatic carbocycles. The topological polar surface area (TPSA) is 0 Å². The molecule has 0 saturated carbocycles. The molecule has 0 saturated heterocycles. The van der Waals surface area contributed by atoms with Gasteiger partial charge in [-0.1, -0.05) is 36.4 Å². The standard InChI is InChI=1S/C20H14F6/c1-9-11-7-8-12(11)10(2)16-15(9)17(19(21,22)23)13-5-3-4-6-14(13)18(16)20(24,25)26/h3-8,17-18H,1-2H3. The first-order valence-electron chi connectivity index (χ1n) is 8.10. The number of halogens is 6. The second-order valence-corrected chi connectivity index (χ2v) is 6.82. The van der Waals surface area contributed by atoms with E-state index in [1.54, 1.807) is 12.2 Å². The normalized spacial score (nSPS) is 20.9. The minimum atomic E-state index is -4.68. The first-order chi connectivity index (χ1) is 12.0. The molecule has 2 aromatic rings. The summed E-state index contributed by atoms with van der Waals surface area (Å²) in [6.07, 6.45) is -6.04. The molecule has 0 fully saturated rings. The highest BCUT2D eigenvalue weighted by atomic mass is 19.4. The van der Waals surface area contributed by atoms with Crippen molar-refractivity contribution in [2.45, 2.75) is 38.0 Å². The molecule has 0 spiro atoms. The molecule has 0 amide bonds. The summed E-state index contributed by atoms with van der Waals surface area (Å²) in [5.41, 5.74) is 0.703. The van der Waals surface area contributed by atoms with Crippen molar-refractivity contribution in [3.05, 3.63) is 68.8 Å². The van der Waals surface area contributed by atoms with E-state index in [0.29, 0.717) is 11.1 Å². The van der Waals surface area contributed by atoms with Gasteiger partial charge in [0.2, 0.25) is 0 Å². The van der Waals surface area contributed by atoms with Gasteiger partial charge in [-0.3, -0.25) is 0 Å². The van der Waals surface area contributed by atoms with E-state index < -0.39 is 24.2 Å². The molecule has 0 aromatic heterocycles. The zero-order valence-electron chi connectivity index (χ0n) is 13.9. The van der Waals surface area contributed by atoms with Crippen LogP contribution in [0.25, 0.3) is 12.2 Å². The minimum absolute atomic E-state index is 0.237. The third kappa shape index (κ3) is 2.17. The van der Waals surface area contributed by atoms with Gasteiger partial charge in [0.05, 0.1) is 0 Å². The number of alkyl halides is 6. The maximum atomic E-state index is 14.0. The predicted molar refractivity (Wildman–Crippen MR) is 87.1 cm³/mol. The van der Waals surface area contributed by atoms with Crippen LogP contribution in [0.4, 0.5) is 26.3 Å². The summed E-state index contributed by atoms with van der Waals surface area (Å²) in [6.45, 7) is 2.97. The van der Waals surface area contributed by atoms with Gasteiger partial charge in [0.15, 0.2) is 0 Å². The summed E-state index contributed by atoms with van der Waals surface area (Å²) >= 11 is 0. The van der Waals surface area contributed by atoms with E-state index in [1.807, 2.05) is 0 Å². The van der Waals surface area contributed by atoms with E-state index in [9.17, 15) is 26.3 Å². The maximum Gasteiger partial charge on any atom is 0.399 e. The van der Waals surface area contributed by atoms with E-state index >= 15 is 0 Å². The van der Waals surface area contributed by atoms with Gasteiger partial charge in [0, 0.05) is 0 Å². The largest absolute Gasteiger partial charge is 0.399 e. The van der Waals surface area contributed by atoms with Gasteiger partial charge in [0.25, 0.3) is 0 Å². The Balaban J connectivity index is 2.16. The van der Waals surface area contributed by atoms with Gasteiger partial charge in [-0.15, -0.1) is 0 Å². The SMILES string of the molecule is Cc1c2c(c(C)c3c1C(C(F)(F)F)c1ccccc1C3C(F)(F)F)C=C2. The van der Waals surface area contributed by atoms with Crippen molar-refractivity contribution in [3.63, 3.8) is 0 Å². The van der Waals surface area contributed by atoms with Gasteiger partial charge < -0.3 is 0 Å². The second kappa shape index (κ2) is 5.15. The Morgan fingerprint density at radius 3 is 1.27 bits per heavy atom. The molecule has 0 radical (unpaired) electrons. The molecule has 136 valence electrons. The molecule has 0 nitrogen and oxygen atoms in total. The smallest absolute Gasteiger partial charge is 0.170 e. The van der Waals surface area contributed by atoms with E-state index in [4.69, 9.17) is 0 Å². The van der Waals surface area contributed by atoms with E-state index in [2.05, 4.69) is 0 Å². The molecular weight excluding hydrogens is 354 g/mol. The predicted octanol–water partition coefficient (Wildman–Crippen LogP) is 6.49. The number of hydrogen-bond donors (Lipinski definition) is 0. The zero-order chi connectivity index (χ0) is 19.0. The van der Waals surface area contributed by atoms with Gasteiger partial charge >= 0.3 is 12.4 Å². The van der Waals surface area contributed by atoms with Crippen LogP contribution in [-0.2, 0) is 0 Å². The Morgan fingerprint density at radius 1 is 0.654 bits per heavy atom. The van der Waals surface area contributed by atoms with Crippen LogP contribution < -0.4 is 0 Å². The van der Waals surface area contributed by atoms with Crippen LogP contribution in [-0.4, -0.2) is 12.4 Å². The van der Waals surface area contributed by atoms with Crippen molar-refractivity contribution < 1.29 is 26.3 Å². The molecule has 0 aliphatic heterocycles. The molecule has 0 heterocycles. The van der Waals surface area contributed by atoms with Crippen molar-refractivity contribution in [1.82, 2.24) is 0 Å². The molecule has 2 unspecified atom stereocenters. The lowest BCUT2D eigenvalue weighted by Crippen LogP contribution is -2.36. The van der Waals surface area contributed by atoms with Gasteiger partial charge in [-0.2, -0.15) is 26.3 Å². The molecule has 0 N–H and O–H groups in total. The number of hydrogen-bond acceptors (Lipinski definition) is 0. The zero-order valence-corrected chi connectivity index (χ0v) is 13.9. The second-order valence-electron chi connectivity index (χ2n) is 6.82. The highest BCUT2D eigenvalue weighted by Gasteiger charge is 2.55. The quantitative estimate of drug-likeness (QED) is 0.398. The van der Waals surface area contributed by atoms with E-state index in [1.165, 1.54) is 38.1 Å². The van der Waals surface area contributed by atoms with Gasteiger partial charge in [-0.25, -0.2) is 0 Å². The Hall–Kier alpha value is -2.24. The lowest BCUT2D eigenvalue weighted by Gasteiger charge is -2.40. The summed E-state index contributed by atoms with van der Waals surface area (Å²) in [5.74, 6) is -4.10. The summed E-state index contributed by atoms with van der Waals surface area (Å²) < 4.78 is 83.9. The number of fused-ring (bicyclic) bond motifs is 3.